The number of carbonyl (C=O) groups is 1. The first-order chi connectivity index (χ1) is 11.7. The molecule has 1 aliphatic rings. The average Bonchev–Trinajstić information content (AvgIpc) is 2.62. The molecule has 1 heterocycles. The van der Waals surface area contributed by atoms with Crippen molar-refractivity contribution >= 4 is 11.7 Å². The summed E-state index contributed by atoms with van der Waals surface area (Å²) in [6, 6.07) is 17.8. The van der Waals surface area contributed by atoms with E-state index < -0.39 is 0 Å². The number of para-hydroxylation sites is 2. The Kier molecular flexibility index (Phi) is 5.36. The normalized spacial score (nSPS) is 17.4. The van der Waals surface area contributed by atoms with Gasteiger partial charge in [0.1, 0.15) is 12.4 Å². The van der Waals surface area contributed by atoms with Gasteiger partial charge in [0.15, 0.2) is 0 Å². The maximum absolute atomic E-state index is 12.6. The minimum atomic E-state index is -0.0191. The minimum Gasteiger partial charge on any atom is -0.489 e. The Labute approximate surface area is 143 Å². The second-order valence-corrected chi connectivity index (χ2v) is 6.23. The molecule has 126 valence electrons. The number of ether oxygens (including phenoxy) is 1. The number of nitrogens with one attached hydrogen (secondary N) is 1. The Balaban J connectivity index is 1.66. The summed E-state index contributed by atoms with van der Waals surface area (Å²) < 4.78 is 5.82. The van der Waals surface area contributed by atoms with Gasteiger partial charge in [-0.3, -0.25) is 0 Å². The maximum Gasteiger partial charge on any atom is 0.322 e. The Morgan fingerprint density at radius 3 is 2.67 bits per heavy atom. The third-order valence-electron chi connectivity index (χ3n) is 4.46. The van der Waals surface area contributed by atoms with Gasteiger partial charge in [0, 0.05) is 23.8 Å². The van der Waals surface area contributed by atoms with E-state index in [1.54, 1.807) is 0 Å². The molecule has 24 heavy (non-hydrogen) atoms. The maximum atomic E-state index is 12.6. The smallest absolute Gasteiger partial charge is 0.322 e. The van der Waals surface area contributed by atoms with Crippen LogP contribution in [0.1, 0.15) is 31.7 Å². The lowest BCUT2D eigenvalue weighted by molar-refractivity contribution is 0.170. The molecule has 3 rings (SSSR count). The van der Waals surface area contributed by atoms with Crippen molar-refractivity contribution < 1.29 is 9.53 Å². The van der Waals surface area contributed by atoms with Gasteiger partial charge in [-0.2, -0.15) is 0 Å². The van der Waals surface area contributed by atoms with Crippen molar-refractivity contribution in [3.8, 4) is 5.75 Å². The van der Waals surface area contributed by atoms with Gasteiger partial charge >= 0.3 is 6.03 Å². The highest BCUT2D eigenvalue weighted by Crippen LogP contribution is 2.21. The summed E-state index contributed by atoms with van der Waals surface area (Å²) in [4.78, 5) is 14.5. The van der Waals surface area contributed by atoms with Crippen LogP contribution in [-0.2, 0) is 6.61 Å². The number of nitrogens with zero attached hydrogens (tertiary/aromatic N) is 1. The molecule has 1 saturated heterocycles. The average molecular weight is 324 g/mol. The highest BCUT2D eigenvalue weighted by molar-refractivity contribution is 5.90. The molecule has 4 heteroatoms. The van der Waals surface area contributed by atoms with Crippen LogP contribution in [-0.4, -0.2) is 23.5 Å². The Morgan fingerprint density at radius 1 is 1.12 bits per heavy atom. The van der Waals surface area contributed by atoms with Crippen molar-refractivity contribution in [2.75, 3.05) is 11.9 Å². The molecule has 2 amide bonds. The fourth-order valence-corrected chi connectivity index (χ4v) is 3.03. The van der Waals surface area contributed by atoms with Crippen molar-refractivity contribution in [2.45, 2.75) is 38.8 Å². The minimum absolute atomic E-state index is 0.0191. The SMILES string of the molecule is C[C@@H]1CCCCN1C(=O)Nc1ccccc1COc1ccccc1. The number of hydrogen-bond acceptors (Lipinski definition) is 2. The van der Waals surface area contributed by atoms with Gasteiger partial charge < -0.3 is 15.0 Å². The van der Waals surface area contributed by atoms with Crippen LogP contribution in [0.25, 0.3) is 0 Å². The van der Waals surface area contributed by atoms with Crippen molar-refractivity contribution in [1.29, 1.82) is 0 Å². The van der Waals surface area contributed by atoms with E-state index in [1.807, 2.05) is 59.5 Å². The van der Waals surface area contributed by atoms with Gasteiger partial charge in [-0.25, -0.2) is 4.79 Å². The van der Waals surface area contributed by atoms with Crippen LogP contribution >= 0.6 is 0 Å². The fraction of sp³-hybridized carbons (Fsp3) is 0.350. The van der Waals surface area contributed by atoms with E-state index in [2.05, 4.69) is 12.2 Å². The summed E-state index contributed by atoms with van der Waals surface area (Å²) in [5.74, 6) is 0.822. The van der Waals surface area contributed by atoms with Gasteiger partial charge in [0.05, 0.1) is 0 Å². The predicted molar refractivity (Wildman–Crippen MR) is 96.3 cm³/mol. The number of urea groups is 1. The van der Waals surface area contributed by atoms with E-state index in [0.717, 1.165) is 36.4 Å². The number of likely N-dealkylation sites (tertiary alicyclic amines) is 1. The molecule has 0 aromatic heterocycles. The summed E-state index contributed by atoms with van der Waals surface area (Å²) in [7, 11) is 0. The van der Waals surface area contributed by atoms with E-state index >= 15 is 0 Å². The van der Waals surface area contributed by atoms with Crippen molar-refractivity contribution in [1.82, 2.24) is 4.90 Å². The van der Waals surface area contributed by atoms with Crippen LogP contribution in [0, 0.1) is 0 Å². The van der Waals surface area contributed by atoms with Crippen LogP contribution < -0.4 is 10.1 Å². The summed E-state index contributed by atoms with van der Waals surface area (Å²) >= 11 is 0. The van der Waals surface area contributed by atoms with Gasteiger partial charge in [-0.05, 0) is 44.4 Å². The van der Waals surface area contributed by atoms with Crippen LogP contribution in [0.15, 0.2) is 54.6 Å². The molecule has 4 nitrogen and oxygen atoms in total. The van der Waals surface area contributed by atoms with Gasteiger partial charge in [0.25, 0.3) is 0 Å². The molecular weight excluding hydrogens is 300 g/mol. The molecule has 2 aromatic carbocycles. The van der Waals surface area contributed by atoms with Crippen molar-refractivity contribution in [2.24, 2.45) is 0 Å². The summed E-state index contributed by atoms with van der Waals surface area (Å²) in [6.07, 6.45) is 3.36. The molecule has 1 N–H and O–H groups in total. The zero-order valence-electron chi connectivity index (χ0n) is 14.1. The summed E-state index contributed by atoms with van der Waals surface area (Å²) in [5, 5.41) is 3.05. The third kappa shape index (κ3) is 4.07. The molecule has 0 spiro atoms. The quantitative estimate of drug-likeness (QED) is 0.888. The predicted octanol–water partition coefficient (Wildman–Crippen LogP) is 4.67. The number of carbonyl (C=O) groups excluding carboxylic acids is 1. The first-order valence-electron chi connectivity index (χ1n) is 8.57. The number of hydrogen-bond donors (Lipinski definition) is 1. The molecule has 1 fully saturated rings. The second kappa shape index (κ2) is 7.86. The fourth-order valence-electron chi connectivity index (χ4n) is 3.03. The Hall–Kier alpha value is -2.49. The van der Waals surface area contributed by atoms with E-state index in [1.165, 1.54) is 6.42 Å². The first-order valence-corrected chi connectivity index (χ1v) is 8.57. The molecule has 1 atom stereocenters. The lowest BCUT2D eigenvalue weighted by Gasteiger charge is -2.33. The summed E-state index contributed by atoms with van der Waals surface area (Å²) in [5.41, 5.74) is 1.79. The highest BCUT2D eigenvalue weighted by atomic mass is 16.5. The largest absolute Gasteiger partial charge is 0.489 e. The second-order valence-electron chi connectivity index (χ2n) is 6.23. The van der Waals surface area contributed by atoms with E-state index in [0.29, 0.717) is 12.6 Å². The molecule has 2 aromatic rings. The zero-order chi connectivity index (χ0) is 16.8. The van der Waals surface area contributed by atoms with E-state index in [-0.39, 0.29) is 6.03 Å². The highest BCUT2D eigenvalue weighted by Gasteiger charge is 2.23. The van der Waals surface area contributed by atoms with E-state index in [4.69, 9.17) is 4.74 Å². The number of amides is 2. The Morgan fingerprint density at radius 2 is 1.88 bits per heavy atom. The zero-order valence-corrected chi connectivity index (χ0v) is 14.1. The van der Waals surface area contributed by atoms with Crippen molar-refractivity contribution in [3.63, 3.8) is 0 Å². The molecule has 0 saturated carbocycles. The lowest BCUT2D eigenvalue weighted by Crippen LogP contribution is -2.44. The van der Waals surface area contributed by atoms with Gasteiger partial charge in [-0.15, -0.1) is 0 Å². The number of benzene rings is 2. The Bertz CT molecular complexity index is 672. The number of anilines is 1. The molecular formula is C20H24N2O2. The van der Waals surface area contributed by atoms with Crippen LogP contribution in [0.2, 0.25) is 0 Å². The van der Waals surface area contributed by atoms with Crippen LogP contribution in [0.5, 0.6) is 5.75 Å². The van der Waals surface area contributed by atoms with Gasteiger partial charge in [-0.1, -0.05) is 36.4 Å². The van der Waals surface area contributed by atoms with Crippen LogP contribution in [0.3, 0.4) is 0 Å². The topological polar surface area (TPSA) is 41.6 Å². The monoisotopic (exact) mass is 324 g/mol. The number of piperidine rings is 1. The van der Waals surface area contributed by atoms with Crippen LogP contribution in [0.4, 0.5) is 10.5 Å². The standard InChI is InChI=1S/C20H24N2O2/c1-16-9-7-8-14-22(16)20(23)21-19-13-6-5-10-17(19)15-24-18-11-3-2-4-12-18/h2-6,10-13,16H,7-9,14-15H2,1H3,(H,21,23)/t16-/m1/s1. The number of rotatable bonds is 4. The summed E-state index contributed by atoms with van der Waals surface area (Å²) in [6.45, 7) is 3.37. The lowest BCUT2D eigenvalue weighted by atomic mass is 10.0. The first kappa shape index (κ1) is 16.4. The molecule has 0 aliphatic carbocycles. The van der Waals surface area contributed by atoms with Crippen molar-refractivity contribution in [3.05, 3.63) is 60.2 Å². The molecule has 1 aliphatic heterocycles. The van der Waals surface area contributed by atoms with Gasteiger partial charge in [0.2, 0.25) is 0 Å². The third-order valence-corrected chi connectivity index (χ3v) is 4.46. The molecule has 0 bridgehead atoms. The molecule has 0 radical (unpaired) electrons. The van der Waals surface area contributed by atoms with E-state index in [9.17, 15) is 4.79 Å². The molecule has 0 unspecified atom stereocenters.